The minimum atomic E-state index is -0.144. The van der Waals surface area contributed by atoms with E-state index in [0.717, 1.165) is 44.5 Å². The lowest BCUT2D eigenvalue weighted by atomic mass is 9.76. The van der Waals surface area contributed by atoms with Crippen LogP contribution in [-0.2, 0) is 11.2 Å². The SMILES string of the molecule is CCc1ccc(NC(=O)C(C)N2CCC(CC)(CO)CC2)cc1. The second-order valence-corrected chi connectivity index (χ2v) is 6.76. The van der Waals surface area contributed by atoms with Gasteiger partial charge >= 0.3 is 0 Å². The van der Waals surface area contributed by atoms with Gasteiger partial charge in [0.1, 0.15) is 0 Å². The number of likely N-dealkylation sites (tertiary alicyclic amines) is 1. The summed E-state index contributed by atoms with van der Waals surface area (Å²) in [4.78, 5) is 14.7. The minimum Gasteiger partial charge on any atom is -0.396 e. The lowest BCUT2D eigenvalue weighted by Gasteiger charge is -2.42. The number of piperidine rings is 1. The highest BCUT2D eigenvalue weighted by Crippen LogP contribution is 2.34. The molecule has 1 amide bonds. The molecule has 128 valence electrons. The second kappa shape index (κ2) is 7.93. The van der Waals surface area contributed by atoms with Crippen molar-refractivity contribution >= 4 is 11.6 Å². The standard InChI is InChI=1S/C19H30N2O2/c1-4-16-6-8-17(9-7-16)20-18(23)15(3)21-12-10-19(5-2,14-22)11-13-21/h6-9,15,22H,4-5,10-14H2,1-3H3,(H,20,23). The van der Waals surface area contributed by atoms with E-state index in [0.29, 0.717) is 0 Å². The van der Waals surface area contributed by atoms with Gasteiger partial charge in [0.2, 0.25) is 5.91 Å². The number of hydrogen-bond donors (Lipinski definition) is 2. The van der Waals surface area contributed by atoms with Crippen LogP contribution in [0.2, 0.25) is 0 Å². The van der Waals surface area contributed by atoms with Gasteiger partial charge in [0, 0.05) is 12.3 Å². The molecule has 4 heteroatoms. The average molecular weight is 318 g/mol. The first-order chi connectivity index (χ1) is 11.0. The number of hydrogen-bond acceptors (Lipinski definition) is 3. The molecule has 0 bridgehead atoms. The van der Waals surface area contributed by atoms with Gasteiger partial charge in [-0.1, -0.05) is 26.0 Å². The number of aliphatic hydroxyl groups excluding tert-OH is 1. The van der Waals surface area contributed by atoms with Crippen molar-refractivity contribution in [3.8, 4) is 0 Å². The third-order valence-electron chi connectivity index (χ3n) is 5.50. The molecule has 0 aliphatic carbocycles. The molecule has 1 aromatic rings. The van der Waals surface area contributed by atoms with Crippen molar-refractivity contribution in [1.82, 2.24) is 4.90 Å². The fraction of sp³-hybridized carbons (Fsp3) is 0.632. The summed E-state index contributed by atoms with van der Waals surface area (Å²) in [5.74, 6) is 0.0437. The van der Waals surface area contributed by atoms with Gasteiger partial charge in [0.15, 0.2) is 0 Å². The van der Waals surface area contributed by atoms with E-state index in [9.17, 15) is 9.90 Å². The van der Waals surface area contributed by atoms with Gasteiger partial charge in [0.25, 0.3) is 0 Å². The van der Waals surface area contributed by atoms with Crippen molar-refractivity contribution < 1.29 is 9.90 Å². The van der Waals surface area contributed by atoms with Crippen LogP contribution in [0.25, 0.3) is 0 Å². The van der Waals surface area contributed by atoms with E-state index in [2.05, 4.69) is 36.2 Å². The Balaban J connectivity index is 1.90. The molecule has 2 N–H and O–H groups in total. The Hall–Kier alpha value is -1.39. The van der Waals surface area contributed by atoms with Gasteiger partial charge in [-0.3, -0.25) is 9.69 Å². The normalized spacial score (nSPS) is 19.3. The van der Waals surface area contributed by atoms with Crippen molar-refractivity contribution in [2.75, 3.05) is 25.0 Å². The maximum Gasteiger partial charge on any atom is 0.241 e. The molecule has 1 aliphatic heterocycles. The molecule has 0 saturated carbocycles. The highest BCUT2D eigenvalue weighted by Gasteiger charge is 2.35. The summed E-state index contributed by atoms with van der Waals surface area (Å²) in [5, 5.41) is 12.6. The Morgan fingerprint density at radius 1 is 1.26 bits per heavy atom. The van der Waals surface area contributed by atoms with Gasteiger partial charge in [0.05, 0.1) is 6.04 Å². The zero-order chi connectivity index (χ0) is 16.9. The number of nitrogens with one attached hydrogen (secondary N) is 1. The first-order valence-corrected chi connectivity index (χ1v) is 8.78. The molecular weight excluding hydrogens is 288 g/mol. The largest absolute Gasteiger partial charge is 0.396 e. The molecule has 1 aliphatic rings. The average Bonchev–Trinajstić information content (AvgIpc) is 2.61. The Labute approximate surface area is 139 Å². The number of amides is 1. The summed E-state index contributed by atoms with van der Waals surface area (Å²) in [6.45, 7) is 8.22. The highest BCUT2D eigenvalue weighted by molar-refractivity contribution is 5.94. The van der Waals surface area contributed by atoms with E-state index in [1.165, 1.54) is 5.56 Å². The molecule has 1 atom stereocenters. The Morgan fingerprint density at radius 2 is 1.87 bits per heavy atom. The topological polar surface area (TPSA) is 52.6 Å². The van der Waals surface area contributed by atoms with E-state index < -0.39 is 0 Å². The summed E-state index contributed by atoms with van der Waals surface area (Å²) in [6.07, 6.45) is 3.93. The number of carbonyl (C=O) groups excluding carboxylic acids is 1. The van der Waals surface area contributed by atoms with Gasteiger partial charge in [-0.2, -0.15) is 0 Å². The molecule has 1 aromatic carbocycles. The van der Waals surface area contributed by atoms with Crippen LogP contribution in [-0.4, -0.2) is 41.7 Å². The Bertz CT molecular complexity index is 499. The van der Waals surface area contributed by atoms with Crippen molar-refractivity contribution in [2.24, 2.45) is 5.41 Å². The number of rotatable bonds is 6. The maximum atomic E-state index is 12.5. The molecule has 1 fully saturated rings. The van der Waals surface area contributed by atoms with Crippen LogP contribution in [0.15, 0.2) is 24.3 Å². The van der Waals surface area contributed by atoms with Crippen LogP contribution >= 0.6 is 0 Å². The zero-order valence-electron chi connectivity index (χ0n) is 14.6. The molecule has 1 saturated heterocycles. The fourth-order valence-electron chi connectivity index (χ4n) is 3.25. The molecule has 4 nitrogen and oxygen atoms in total. The highest BCUT2D eigenvalue weighted by atomic mass is 16.3. The van der Waals surface area contributed by atoms with Crippen LogP contribution in [0.4, 0.5) is 5.69 Å². The maximum absolute atomic E-state index is 12.5. The van der Waals surface area contributed by atoms with Gasteiger partial charge < -0.3 is 10.4 Å². The van der Waals surface area contributed by atoms with Crippen molar-refractivity contribution in [1.29, 1.82) is 0 Å². The molecule has 0 aromatic heterocycles. The molecule has 0 spiro atoms. The van der Waals surface area contributed by atoms with Crippen LogP contribution in [0, 0.1) is 5.41 Å². The molecule has 23 heavy (non-hydrogen) atoms. The van der Waals surface area contributed by atoms with Gasteiger partial charge in [-0.25, -0.2) is 0 Å². The summed E-state index contributed by atoms with van der Waals surface area (Å²) in [7, 11) is 0. The van der Waals surface area contributed by atoms with Crippen molar-refractivity contribution in [3.63, 3.8) is 0 Å². The van der Waals surface area contributed by atoms with Crippen LogP contribution < -0.4 is 5.32 Å². The molecule has 0 radical (unpaired) electrons. The first-order valence-electron chi connectivity index (χ1n) is 8.78. The molecular formula is C19H30N2O2. The lowest BCUT2D eigenvalue weighted by Crippen LogP contribution is -2.49. The number of benzene rings is 1. The number of anilines is 1. The number of aryl methyl sites for hydroxylation is 1. The van der Waals surface area contributed by atoms with Crippen molar-refractivity contribution in [2.45, 2.75) is 52.5 Å². The lowest BCUT2D eigenvalue weighted by molar-refractivity contribution is -0.121. The van der Waals surface area contributed by atoms with Crippen molar-refractivity contribution in [3.05, 3.63) is 29.8 Å². The van der Waals surface area contributed by atoms with Crippen LogP contribution in [0.1, 0.15) is 45.6 Å². The predicted octanol–water partition coefficient (Wildman–Crippen LogP) is 3.06. The summed E-state index contributed by atoms with van der Waals surface area (Å²) in [5.41, 5.74) is 2.18. The molecule has 1 heterocycles. The Kier molecular flexibility index (Phi) is 6.19. The van der Waals surface area contributed by atoms with E-state index in [1.807, 2.05) is 19.1 Å². The number of nitrogens with zero attached hydrogens (tertiary/aromatic N) is 1. The molecule has 2 rings (SSSR count). The summed E-state index contributed by atoms with van der Waals surface area (Å²) in [6, 6.07) is 7.89. The third-order valence-corrected chi connectivity index (χ3v) is 5.50. The fourth-order valence-corrected chi connectivity index (χ4v) is 3.25. The van der Waals surface area contributed by atoms with Gasteiger partial charge in [-0.15, -0.1) is 0 Å². The Morgan fingerprint density at radius 3 is 2.35 bits per heavy atom. The summed E-state index contributed by atoms with van der Waals surface area (Å²) < 4.78 is 0. The van der Waals surface area contributed by atoms with Crippen LogP contribution in [0.5, 0.6) is 0 Å². The smallest absolute Gasteiger partial charge is 0.241 e. The summed E-state index contributed by atoms with van der Waals surface area (Å²) >= 11 is 0. The van der Waals surface area contributed by atoms with Gasteiger partial charge in [-0.05, 0) is 68.8 Å². The van der Waals surface area contributed by atoms with Crippen LogP contribution in [0.3, 0.4) is 0 Å². The first kappa shape index (κ1) is 18.0. The predicted molar refractivity (Wildman–Crippen MR) is 94.5 cm³/mol. The number of carbonyl (C=O) groups is 1. The third kappa shape index (κ3) is 4.33. The quantitative estimate of drug-likeness (QED) is 0.847. The monoisotopic (exact) mass is 318 g/mol. The second-order valence-electron chi connectivity index (χ2n) is 6.76. The van der Waals surface area contributed by atoms with E-state index in [-0.39, 0.29) is 24.0 Å². The van der Waals surface area contributed by atoms with E-state index >= 15 is 0 Å². The van der Waals surface area contributed by atoms with E-state index in [1.54, 1.807) is 0 Å². The minimum absolute atomic E-state index is 0.0437. The zero-order valence-corrected chi connectivity index (χ0v) is 14.6. The van der Waals surface area contributed by atoms with E-state index in [4.69, 9.17) is 0 Å². The number of aliphatic hydroxyl groups is 1. The molecule has 1 unspecified atom stereocenters.